The molecule has 1 atom stereocenters. The van der Waals surface area contributed by atoms with Crippen molar-refractivity contribution in [2.45, 2.75) is 57.1 Å². The zero-order chi connectivity index (χ0) is 24.1. The standard InChI is InChI=1S/C27H32N2O5.2H2/c1-26(2,3)24-13-17-12-19(5-6-21(17)29(24)15-20(31)16-30)28-25(32)27(8-9-27)18-4-7-22-23(14-18)34-11-10-33-22;;/h4-7,12-14,20,30-31H,8-11,15-16H2,1-3H3,(H,28,32);2*1H/t20-;;/m0../s1. The quantitative estimate of drug-likeness (QED) is 0.504. The largest absolute Gasteiger partial charge is 0.486 e. The number of benzene rings is 2. The van der Waals surface area contributed by atoms with Crippen molar-refractivity contribution in [3.8, 4) is 11.5 Å². The van der Waals surface area contributed by atoms with E-state index in [-0.39, 0.29) is 20.8 Å². The number of hydrogen-bond donors (Lipinski definition) is 3. The van der Waals surface area contributed by atoms with Crippen LogP contribution in [0.2, 0.25) is 0 Å². The van der Waals surface area contributed by atoms with Gasteiger partial charge in [-0.15, -0.1) is 0 Å². The summed E-state index contributed by atoms with van der Waals surface area (Å²) >= 11 is 0. The van der Waals surface area contributed by atoms with Gasteiger partial charge < -0.3 is 29.6 Å². The molecule has 3 aromatic rings. The fourth-order valence-electron chi connectivity index (χ4n) is 4.80. The molecule has 0 radical (unpaired) electrons. The lowest BCUT2D eigenvalue weighted by molar-refractivity contribution is -0.118. The lowest BCUT2D eigenvalue weighted by Gasteiger charge is -2.23. The average Bonchev–Trinajstić information content (AvgIpc) is 3.55. The minimum Gasteiger partial charge on any atom is -0.486 e. The van der Waals surface area contributed by atoms with Gasteiger partial charge in [0.1, 0.15) is 13.2 Å². The van der Waals surface area contributed by atoms with E-state index in [0.717, 1.165) is 46.4 Å². The molecule has 2 heterocycles. The van der Waals surface area contributed by atoms with Gasteiger partial charge in [-0.2, -0.15) is 0 Å². The van der Waals surface area contributed by atoms with Crippen LogP contribution < -0.4 is 14.8 Å². The number of nitrogens with zero attached hydrogens (tertiary/aromatic N) is 1. The number of anilines is 1. The van der Waals surface area contributed by atoms with Gasteiger partial charge in [0.15, 0.2) is 11.5 Å². The Kier molecular flexibility index (Phi) is 5.57. The summed E-state index contributed by atoms with van der Waals surface area (Å²) in [4.78, 5) is 13.4. The first-order valence-electron chi connectivity index (χ1n) is 11.9. The van der Waals surface area contributed by atoms with Gasteiger partial charge in [0, 0.05) is 30.6 Å². The molecule has 3 N–H and O–H groups in total. The Balaban J connectivity index is 0.00000180. The summed E-state index contributed by atoms with van der Waals surface area (Å²) in [6, 6.07) is 13.7. The number of carbonyl (C=O) groups is 1. The lowest BCUT2D eigenvalue weighted by atomic mass is 9.92. The Morgan fingerprint density at radius 3 is 2.53 bits per heavy atom. The maximum Gasteiger partial charge on any atom is 0.235 e. The molecule has 7 heteroatoms. The summed E-state index contributed by atoms with van der Waals surface area (Å²) in [6.07, 6.45) is 0.756. The summed E-state index contributed by atoms with van der Waals surface area (Å²) < 4.78 is 13.4. The van der Waals surface area contributed by atoms with Crippen molar-refractivity contribution in [2.75, 3.05) is 25.1 Å². The van der Waals surface area contributed by atoms with Crippen molar-refractivity contribution in [1.82, 2.24) is 4.57 Å². The van der Waals surface area contributed by atoms with Crippen LogP contribution in [0.4, 0.5) is 5.69 Å². The van der Waals surface area contributed by atoms with Crippen LogP contribution in [0.3, 0.4) is 0 Å². The number of hydrogen-bond acceptors (Lipinski definition) is 5. The smallest absolute Gasteiger partial charge is 0.235 e. The Labute approximate surface area is 202 Å². The number of aliphatic hydroxyl groups is 2. The molecule has 5 rings (SSSR count). The molecule has 1 amide bonds. The van der Waals surface area contributed by atoms with Crippen LogP contribution in [0.1, 0.15) is 47.7 Å². The number of aliphatic hydroxyl groups excluding tert-OH is 2. The molecule has 34 heavy (non-hydrogen) atoms. The number of amides is 1. The molecule has 184 valence electrons. The number of carbonyl (C=O) groups excluding carboxylic acids is 1. The molecule has 0 bridgehead atoms. The molecule has 2 aromatic carbocycles. The summed E-state index contributed by atoms with van der Waals surface area (Å²) in [5, 5.41) is 23.6. The predicted octanol–water partition coefficient (Wildman–Crippen LogP) is 4.23. The summed E-state index contributed by atoms with van der Waals surface area (Å²) in [5.41, 5.74) is 3.03. The number of ether oxygens (including phenoxy) is 2. The third-order valence-electron chi connectivity index (χ3n) is 6.81. The molecule has 0 unspecified atom stereocenters. The zero-order valence-corrected chi connectivity index (χ0v) is 19.9. The van der Waals surface area contributed by atoms with E-state index in [0.29, 0.717) is 25.5 Å². The minimum atomic E-state index is -0.836. The Hall–Kier alpha value is -3.03. The van der Waals surface area contributed by atoms with Crippen LogP contribution in [0.25, 0.3) is 10.9 Å². The highest BCUT2D eigenvalue weighted by molar-refractivity contribution is 6.02. The number of nitrogens with one attached hydrogen (secondary N) is 1. The molecular weight excluding hydrogens is 432 g/mol. The van der Waals surface area contributed by atoms with Crippen LogP contribution >= 0.6 is 0 Å². The van der Waals surface area contributed by atoms with Gasteiger partial charge in [-0.3, -0.25) is 4.79 Å². The van der Waals surface area contributed by atoms with E-state index in [4.69, 9.17) is 9.47 Å². The molecule has 0 saturated heterocycles. The third-order valence-corrected chi connectivity index (χ3v) is 6.81. The van der Waals surface area contributed by atoms with E-state index >= 15 is 0 Å². The Morgan fingerprint density at radius 2 is 1.85 bits per heavy atom. The number of fused-ring (bicyclic) bond motifs is 2. The Morgan fingerprint density at radius 1 is 1.12 bits per heavy atom. The van der Waals surface area contributed by atoms with Gasteiger partial charge in [-0.1, -0.05) is 26.8 Å². The van der Waals surface area contributed by atoms with Crippen LogP contribution in [-0.4, -0.2) is 46.6 Å². The molecular formula is C27H36N2O5. The van der Waals surface area contributed by atoms with Crippen LogP contribution in [-0.2, 0) is 22.2 Å². The first kappa shape index (κ1) is 22.7. The SMILES string of the molecule is CC(C)(C)c1cc2cc(NC(=O)C3(c4ccc5c(c4)OCCO5)CC3)ccc2n1C[C@H](O)CO.[HH].[HH]. The van der Waals surface area contributed by atoms with E-state index in [1.807, 2.05) is 36.4 Å². The molecule has 2 aliphatic rings. The topological polar surface area (TPSA) is 93.0 Å². The van der Waals surface area contributed by atoms with Crippen molar-refractivity contribution < 1.29 is 27.3 Å². The van der Waals surface area contributed by atoms with Gasteiger partial charge in [-0.05, 0) is 54.8 Å². The minimum absolute atomic E-state index is 0. The van der Waals surface area contributed by atoms with Gasteiger partial charge in [0.25, 0.3) is 0 Å². The molecule has 0 spiro atoms. The summed E-state index contributed by atoms with van der Waals surface area (Å²) in [6.45, 7) is 7.44. The van der Waals surface area contributed by atoms with Crippen molar-refractivity contribution in [2.24, 2.45) is 0 Å². The molecule has 1 aromatic heterocycles. The maximum absolute atomic E-state index is 13.4. The highest BCUT2D eigenvalue weighted by atomic mass is 16.6. The second-order valence-electron chi connectivity index (χ2n) is 10.4. The van der Waals surface area contributed by atoms with Gasteiger partial charge in [0.2, 0.25) is 5.91 Å². The van der Waals surface area contributed by atoms with Crippen LogP contribution in [0, 0.1) is 0 Å². The van der Waals surface area contributed by atoms with E-state index < -0.39 is 11.5 Å². The normalized spacial score (nSPS) is 17.4. The summed E-state index contributed by atoms with van der Waals surface area (Å²) in [5.74, 6) is 1.40. The van der Waals surface area contributed by atoms with E-state index in [2.05, 4.69) is 36.7 Å². The molecule has 1 saturated carbocycles. The molecule has 1 fully saturated rings. The third kappa shape index (κ3) is 4.03. The maximum atomic E-state index is 13.4. The second-order valence-corrected chi connectivity index (χ2v) is 10.4. The summed E-state index contributed by atoms with van der Waals surface area (Å²) in [7, 11) is 0. The van der Waals surface area contributed by atoms with E-state index in [9.17, 15) is 15.0 Å². The molecule has 1 aliphatic heterocycles. The Bertz CT molecular complexity index is 1250. The fraction of sp³-hybridized carbons (Fsp3) is 0.444. The highest BCUT2D eigenvalue weighted by Gasteiger charge is 2.51. The van der Waals surface area contributed by atoms with Crippen molar-refractivity contribution in [3.63, 3.8) is 0 Å². The monoisotopic (exact) mass is 468 g/mol. The van der Waals surface area contributed by atoms with E-state index in [1.54, 1.807) is 0 Å². The van der Waals surface area contributed by atoms with Crippen molar-refractivity contribution in [1.29, 1.82) is 0 Å². The first-order valence-corrected chi connectivity index (χ1v) is 11.9. The van der Waals surface area contributed by atoms with Gasteiger partial charge >= 0.3 is 0 Å². The molecule has 7 nitrogen and oxygen atoms in total. The first-order chi connectivity index (χ1) is 16.2. The predicted molar refractivity (Wildman–Crippen MR) is 135 cm³/mol. The number of rotatable bonds is 6. The van der Waals surface area contributed by atoms with Crippen molar-refractivity contribution in [3.05, 3.63) is 53.7 Å². The van der Waals surface area contributed by atoms with Gasteiger partial charge in [-0.25, -0.2) is 0 Å². The van der Waals surface area contributed by atoms with Crippen LogP contribution in [0.15, 0.2) is 42.5 Å². The highest BCUT2D eigenvalue weighted by Crippen LogP contribution is 2.51. The van der Waals surface area contributed by atoms with Gasteiger partial charge in [0.05, 0.1) is 24.7 Å². The zero-order valence-electron chi connectivity index (χ0n) is 19.9. The second kappa shape index (κ2) is 8.32. The van der Waals surface area contributed by atoms with Crippen molar-refractivity contribution >= 4 is 22.5 Å². The molecule has 1 aliphatic carbocycles. The lowest BCUT2D eigenvalue weighted by Crippen LogP contribution is -2.28. The van der Waals surface area contributed by atoms with E-state index in [1.165, 1.54) is 0 Å². The number of aromatic nitrogens is 1. The average molecular weight is 469 g/mol. The van der Waals surface area contributed by atoms with Crippen LogP contribution in [0.5, 0.6) is 11.5 Å². The fourth-order valence-corrected chi connectivity index (χ4v) is 4.80.